The summed E-state index contributed by atoms with van der Waals surface area (Å²) in [6, 6.07) is -0.239. The van der Waals surface area contributed by atoms with E-state index in [1.807, 2.05) is 0 Å². The van der Waals surface area contributed by atoms with Gasteiger partial charge in [-0.25, -0.2) is 9.59 Å². The van der Waals surface area contributed by atoms with E-state index in [9.17, 15) is 14.7 Å². The van der Waals surface area contributed by atoms with Gasteiger partial charge in [-0.3, -0.25) is 0 Å². The molecule has 116 valence electrons. The standard InChI is InChI=1S/C15H28N2O3/c1-11(2)9-17(10-12(3)4)14(20)16-15(13(18)19)7-5-6-8-15/h11-12H,5-10H2,1-4H3,(H,16,20)(H,18,19). The fourth-order valence-electron chi connectivity index (χ4n) is 2.78. The quantitative estimate of drug-likeness (QED) is 0.788. The van der Waals surface area contributed by atoms with Gasteiger partial charge >= 0.3 is 12.0 Å². The molecule has 0 radical (unpaired) electrons. The van der Waals surface area contributed by atoms with Crippen molar-refractivity contribution in [3.63, 3.8) is 0 Å². The lowest BCUT2D eigenvalue weighted by atomic mass is 9.98. The molecule has 1 saturated carbocycles. The molecule has 1 aliphatic carbocycles. The molecule has 0 heterocycles. The minimum atomic E-state index is -1.05. The maximum Gasteiger partial charge on any atom is 0.329 e. The van der Waals surface area contributed by atoms with E-state index in [2.05, 4.69) is 33.0 Å². The van der Waals surface area contributed by atoms with E-state index < -0.39 is 11.5 Å². The first-order chi connectivity index (χ1) is 9.27. The number of carboxylic acid groups (broad SMARTS) is 1. The lowest BCUT2D eigenvalue weighted by Gasteiger charge is -2.32. The van der Waals surface area contributed by atoms with Crippen LogP contribution in [0.3, 0.4) is 0 Å². The van der Waals surface area contributed by atoms with E-state index in [0.29, 0.717) is 37.8 Å². The van der Waals surface area contributed by atoms with Gasteiger partial charge in [0.2, 0.25) is 0 Å². The van der Waals surface area contributed by atoms with E-state index >= 15 is 0 Å². The van der Waals surface area contributed by atoms with Crippen LogP contribution in [0.25, 0.3) is 0 Å². The van der Waals surface area contributed by atoms with E-state index in [-0.39, 0.29) is 6.03 Å². The largest absolute Gasteiger partial charge is 0.480 e. The third kappa shape index (κ3) is 4.39. The van der Waals surface area contributed by atoms with Crippen molar-refractivity contribution in [1.82, 2.24) is 10.2 Å². The minimum Gasteiger partial charge on any atom is -0.480 e. The number of carbonyl (C=O) groups excluding carboxylic acids is 1. The van der Waals surface area contributed by atoms with Crippen molar-refractivity contribution < 1.29 is 14.7 Å². The van der Waals surface area contributed by atoms with Gasteiger partial charge in [0.1, 0.15) is 5.54 Å². The lowest BCUT2D eigenvalue weighted by molar-refractivity contribution is -0.144. The second-order valence-electron chi connectivity index (χ2n) is 6.72. The zero-order chi connectivity index (χ0) is 15.3. The van der Waals surface area contributed by atoms with E-state index in [1.54, 1.807) is 4.90 Å². The average Bonchev–Trinajstić information content (AvgIpc) is 2.76. The Morgan fingerprint density at radius 1 is 1.10 bits per heavy atom. The highest BCUT2D eigenvalue weighted by molar-refractivity contribution is 5.86. The van der Waals surface area contributed by atoms with E-state index in [4.69, 9.17) is 0 Å². The van der Waals surface area contributed by atoms with Crippen LogP contribution >= 0.6 is 0 Å². The fourth-order valence-corrected chi connectivity index (χ4v) is 2.78. The van der Waals surface area contributed by atoms with Crippen molar-refractivity contribution >= 4 is 12.0 Å². The Kier molecular flexibility index (Phi) is 5.84. The maximum absolute atomic E-state index is 12.4. The number of aliphatic carboxylic acids is 1. The fraction of sp³-hybridized carbons (Fsp3) is 0.867. The molecular formula is C15H28N2O3. The molecular weight excluding hydrogens is 256 g/mol. The topological polar surface area (TPSA) is 69.6 Å². The van der Waals surface area contributed by atoms with Crippen molar-refractivity contribution in [3.8, 4) is 0 Å². The molecule has 0 aromatic heterocycles. The predicted octanol–water partition coefficient (Wildman–Crippen LogP) is 2.71. The Morgan fingerprint density at radius 2 is 1.55 bits per heavy atom. The van der Waals surface area contributed by atoms with Gasteiger partial charge in [-0.05, 0) is 24.7 Å². The molecule has 5 heteroatoms. The zero-order valence-corrected chi connectivity index (χ0v) is 13.1. The second-order valence-corrected chi connectivity index (χ2v) is 6.72. The number of nitrogens with one attached hydrogen (secondary N) is 1. The number of carboxylic acids is 1. The van der Waals surface area contributed by atoms with Crippen LogP contribution in [0.1, 0.15) is 53.4 Å². The molecule has 1 fully saturated rings. The summed E-state index contributed by atoms with van der Waals surface area (Å²) >= 11 is 0. The number of hydrogen-bond acceptors (Lipinski definition) is 2. The third-order valence-corrected chi connectivity index (χ3v) is 3.67. The van der Waals surface area contributed by atoms with Crippen molar-refractivity contribution in [3.05, 3.63) is 0 Å². The number of nitrogens with zero attached hydrogens (tertiary/aromatic N) is 1. The van der Waals surface area contributed by atoms with Crippen molar-refractivity contribution in [2.24, 2.45) is 11.8 Å². The van der Waals surface area contributed by atoms with Gasteiger partial charge in [0.15, 0.2) is 0 Å². The number of rotatable bonds is 6. The zero-order valence-electron chi connectivity index (χ0n) is 13.1. The van der Waals surface area contributed by atoms with Crippen LogP contribution in [-0.2, 0) is 4.79 Å². The van der Waals surface area contributed by atoms with Gasteiger partial charge in [0.05, 0.1) is 0 Å². The average molecular weight is 284 g/mol. The number of urea groups is 1. The lowest BCUT2D eigenvalue weighted by Crippen LogP contribution is -2.57. The summed E-state index contributed by atoms with van der Waals surface area (Å²) in [6.45, 7) is 9.54. The first-order valence-corrected chi connectivity index (χ1v) is 7.57. The number of hydrogen-bond donors (Lipinski definition) is 2. The van der Waals surface area contributed by atoms with Crippen LogP contribution in [0.5, 0.6) is 0 Å². The van der Waals surface area contributed by atoms with Crippen molar-refractivity contribution in [1.29, 1.82) is 0 Å². The van der Waals surface area contributed by atoms with E-state index in [1.165, 1.54) is 0 Å². The molecule has 0 aromatic carbocycles. The van der Waals surface area contributed by atoms with Crippen LogP contribution in [0.15, 0.2) is 0 Å². The molecule has 2 N–H and O–H groups in total. The Balaban J connectivity index is 2.75. The summed E-state index contributed by atoms with van der Waals surface area (Å²) < 4.78 is 0. The third-order valence-electron chi connectivity index (χ3n) is 3.67. The molecule has 2 amide bonds. The monoisotopic (exact) mass is 284 g/mol. The summed E-state index contributed by atoms with van der Waals surface area (Å²) in [6.07, 6.45) is 2.79. The normalized spacial score (nSPS) is 17.5. The van der Waals surface area contributed by atoms with Gasteiger partial charge < -0.3 is 15.3 Å². The molecule has 0 spiro atoms. The smallest absolute Gasteiger partial charge is 0.329 e. The molecule has 0 bridgehead atoms. The summed E-state index contributed by atoms with van der Waals surface area (Å²) in [5.74, 6) is -0.176. The van der Waals surface area contributed by atoms with Gasteiger partial charge in [0.25, 0.3) is 0 Å². The van der Waals surface area contributed by atoms with Crippen molar-refractivity contribution in [2.75, 3.05) is 13.1 Å². The number of amides is 2. The Hall–Kier alpha value is -1.26. The first kappa shape index (κ1) is 16.8. The van der Waals surface area contributed by atoms with Crippen LogP contribution in [0.2, 0.25) is 0 Å². The van der Waals surface area contributed by atoms with E-state index in [0.717, 1.165) is 12.8 Å². The number of carbonyl (C=O) groups is 2. The Morgan fingerprint density at radius 3 is 1.90 bits per heavy atom. The highest BCUT2D eigenvalue weighted by Crippen LogP contribution is 2.30. The van der Waals surface area contributed by atoms with Crippen LogP contribution in [0.4, 0.5) is 4.79 Å². The second kappa shape index (κ2) is 6.95. The highest BCUT2D eigenvalue weighted by atomic mass is 16.4. The molecule has 0 aliphatic heterocycles. The molecule has 0 unspecified atom stereocenters. The maximum atomic E-state index is 12.4. The minimum absolute atomic E-state index is 0.239. The van der Waals surface area contributed by atoms with Gasteiger partial charge in [-0.2, -0.15) is 0 Å². The van der Waals surface area contributed by atoms with Gasteiger partial charge in [-0.15, -0.1) is 0 Å². The summed E-state index contributed by atoms with van der Waals surface area (Å²) in [7, 11) is 0. The molecule has 0 aromatic rings. The SMILES string of the molecule is CC(C)CN(CC(C)C)C(=O)NC1(C(=O)O)CCCC1. The van der Waals surface area contributed by atoms with Crippen LogP contribution in [0, 0.1) is 11.8 Å². The summed E-state index contributed by atoms with van der Waals surface area (Å²) in [4.78, 5) is 25.7. The molecule has 1 rings (SSSR count). The highest BCUT2D eigenvalue weighted by Gasteiger charge is 2.43. The molecule has 5 nitrogen and oxygen atoms in total. The van der Waals surface area contributed by atoms with Crippen molar-refractivity contribution in [2.45, 2.75) is 58.9 Å². The van der Waals surface area contributed by atoms with Crippen LogP contribution in [-0.4, -0.2) is 40.6 Å². The first-order valence-electron chi connectivity index (χ1n) is 7.57. The Bertz CT molecular complexity index is 337. The van der Waals surface area contributed by atoms with Gasteiger partial charge in [0, 0.05) is 13.1 Å². The van der Waals surface area contributed by atoms with Crippen LogP contribution < -0.4 is 5.32 Å². The Labute approximate surface area is 121 Å². The molecule has 0 atom stereocenters. The van der Waals surface area contributed by atoms with Gasteiger partial charge in [-0.1, -0.05) is 40.5 Å². The molecule has 1 aliphatic rings. The summed E-state index contributed by atoms with van der Waals surface area (Å²) in [5.41, 5.74) is -1.05. The predicted molar refractivity (Wildman–Crippen MR) is 78.6 cm³/mol. The molecule has 20 heavy (non-hydrogen) atoms. The molecule has 0 saturated heterocycles. The summed E-state index contributed by atoms with van der Waals surface area (Å²) in [5, 5.41) is 12.2.